The number of benzene rings is 2. The summed E-state index contributed by atoms with van der Waals surface area (Å²) in [7, 11) is 0. The Bertz CT molecular complexity index is 542. The van der Waals surface area contributed by atoms with Gasteiger partial charge in [0.15, 0.2) is 0 Å². The highest BCUT2D eigenvalue weighted by atomic mass is 79.9. The highest BCUT2D eigenvalue weighted by Crippen LogP contribution is 2.19. The predicted octanol–water partition coefficient (Wildman–Crippen LogP) is 4.16. The average Bonchev–Trinajstić information content (AvgIpc) is 2.46. The molecular formula is C15H13BrClNO. The fourth-order valence-corrected chi connectivity index (χ4v) is 2.15. The van der Waals surface area contributed by atoms with Crippen LogP contribution in [0.1, 0.15) is 21.3 Å². The molecule has 2 aromatic rings. The van der Waals surface area contributed by atoms with E-state index in [1.807, 2.05) is 42.5 Å². The van der Waals surface area contributed by atoms with Gasteiger partial charge in [0.05, 0.1) is 5.38 Å². The number of hydrogen-bond acceptors (Lipinski definition) is 1. The molecule has 0 aliphatic heterocycles. The molecule has 0 aromatic heterocycles. The van der Waals surface area contributed by atoms with E-state index in [1.54, 1.807) is 12.1 Å². The van der Waals surface area contributed by atoms with Crippen LogP contribution in [-0.4, -0.2) is 12.5 Å². The van der Waals surface area contributed by atoms with Crippen molar-refractivity contribution in [2.45, 2.75) is 5.38 Å². The van der Waals surface area contributed by atoms with Gasteiger partial charge in [0.1, 0.15) is 0 Å². The summed E-state index contributed by atoms with van der Waals surface area (Å²) in [5, 5.41) is 2.61. The van der Waals surface area contributed by atoms with Gasteiger partial charge in [0, 0.05) is 16.6 Å². The Morgan fingerprint density at radius 2 is 1.74 bits per heavy atom. The summed E-state index contributed by atoms with van der Waals surface area (Å²) in [5.74, 6) is -0.117. The molecule has 1 amide bonds. The number of carbonyl (C=O) groups is 1. The predicted molar refractivity (Wildman–Crippen MR) is 81.5 cm³/mol. The first-order chi connectivity index (χ1) is 9.16. The molecule has 0 bridgehead atoms. The van der Waals surface area contributed by atoms with Crippen LogP contribution in [-0.2, 0) is 0 Å². The molecule has 0 aliphatic rings. The van der Waals surface area contributed by atoms with Gasteiger partial charge in [-0.3, -0.25) is 4.79 Å². The Labute approximate surface area is 125 Å². The van der Waals surface area contributed by atoms with E-state index in [4.69, 9.17) is 11.6 Å². The van der Waals surface area contributed by atoms with Crippen LogP contribution in [0.3, 0.4) is 0 Å². The molecular weight excluding hydrogens is 326 g/mol. The highest BCUT2D eigenvalue weighted by molar-refractivity contribution is 9.10. The molecule has 98 valence electrons. The molecule has 2 aromatic carbocycles. The van der Waals surface area contributed by atoms with Crippen molar-refractivity contribution in [3.05, 3.63) is 70.2 Å². The lowest BCUT2D eigenvalue weighted by atomic mass is 10.1. The van der Waals surface area contributed by atoms with E-state index < -0.39 is 0 Å². The van der Waals surface area contributed by atoms with Gasteiger partial charge in [0.25, 0.3) is 5.91 Å². The topological polar surface area (TPSA) is 29.1 Å². The number of hydrogen-bond donors (Lipinski definition) is 1. The van der Waals surface area contributed by atoms with Gasteiger partial charge in [-0.2, -0.15) is 0 Å². The zero-order chi connectivity index (χ0) is 13.7. The van der Waals surface area contributed by atoms with E-state index in [-0.39, 0.29) is 11.3 Å². The maximum absolute atomic E-state index is 11.9. The standard InChI is InChI=1S/C15H13BrClNO/c16-13-8-6-12(7-9-13)15(19)18-10-14(17)11-4-2-1-3-5-11/h1-9,14H,10H2,(H,18,19). The van der Waals surface area contributed by atoms with Crippen LogP contribution >= 0.6 is 27.5 Å². The Morgan fingerprint density at radius 1 is 1.11 bits per heavy atom. The van der Waals surface area contributed by atoms with Crippen LogP contribution in [0.5, 0.6) is 0 Å². The molecule has 19 heavy (non-hydrogen) atoms. The summed E-state index contributed by atoms with van der Waals surface area (Å²) in [4.78, 5) is 11.9. The van der Waals surface area contributed by atoms with Crippen LogP contribution in [0, 0.1) is 0 Å². The first kappa shape index (κ1) is 14.1. The minimum atomic E-state index is -0.222. The lowest BCUT2D eigenvalue weighted by Crippen LogP contribution is -2.26. The fourth-order valence-electron chi connectivity index (χ4n) is 1.67. The Balaban J connectivity index is 1.92. The largest absolute Gasteiger partial charge is 0.350 e. The molecule has 0 fully saturated rings. The van der Waals surface area contributed by atoms with Gasteiger partial charge in [-0.05, 0) is 29.8 Å². The first-order valence-corrected chi connectivity index (χ1v) is 7.12. The number of nitrogens with one attached hydrogen (secondary N) is 1. The van der Waals surface area contributed by atoms with E-state index in [0.717, 1.165) is 10.0 Å². The van der Waals surface area contributed by atoms with Crippen molar-refractivity contribution < 1.29 is 4.79 Å². The lowest BCUT2D eigenvalue weighted by Gasteiger charge is -2.11. The van der Waals surface area contributed by atoms with Gasteiger partial charge >= 0.3 is 0 Å². The Morgan fingerprint density at radius 3 is 2.37 bits per heavy atom. The zero-order valence-electron chi connectivity index (χ0n) is 10.1. The van der Waals surface area contributed by atoms with Gasteiger partial charge in [0.2, 0.25) is 0 Å². The van der Waals surface area contributed by atoms with E-state index in [1.165, 1.54) is 0 Å². The third-order valence-corrected chi connectivity index (χ3v) is 3.64. The SMILES string of the molecule is O=C(NCC(Cl)c1ccccc1)c1ccc(Br)cc1. The maximum atomic E-state index is 11.9. The molecule has 0 radical (unpaired) electrons. The Hall–Kier alpha value is -1.32. The number of rotatable bonds is 4. The molecule has 0 saturated carbocycles. The normalized spacial score (nSPS) is 11.9. The van der Waals surface area contributed by atoms with Crippen LogP contribution < -0.4 is 5.32 Å². The van der Waals surface area contributed by atoms with Gasteiger partial charge in [-0.25, -0.2) is 0 Å². The molecule has 1 atom stereocenters. The third kappa shape index (κ3) is 4.08. The third-order valence-electron chi connectivity index (χ3n) is 2.71. The molecule has 1 N–H and O–H groups in total. The summed E-state index contributed by atoms with van der Waals surface area (Å²) < 4.78 is 0.948. The first-order valence-electron chi connectivity index (χ1n) is 5.89. The van der Waals surface area contributed by atoms with Crippen molar-refractivity contribution >= 4 is 33.4 Å². The lowest BCUT2D eigenvalue weighted by molar-refractivity contribution is 0.0953. The molecule has 1 unspecified atom stereocenters. The second-order valence-corrected chi connectivity index (χ2v) is 5.54. The number of alkyl halides is 1. The maximum Gasteiger partial charge on any atom is 0.251 e. The molecule has 0 heterocycles. The van der Waals surface area contributed by atoms with Crippen molar-refractivity contribution in [1.82, 2.24) is 5.32 Å². The van der Waals surface area contributed by atoms with Gasteiger partial charge < -0.3 is 5.32 Å². The number of carbonyl (C=O) groups excluding carboxylic acids is 1. The van der Waals surface area contributed by atoms with E-state index >= 15 is 0 Å². The zero-order valence-corrected chi connectivity index (χ0v) is 12.5. The van der Waals surface area contributed by atoms with Crippen molar-refractivity contribution in [2.24, 2.45) is 0 Å². The molecule has 0 saturated heterocycles. The summed E-state index contributed by atoms with van der Waals surface area (Å²) in [6.45, 7) is 0.403. The quantitative estimate of drug-likeness (QED) is 0.833. The van der Waals surface area contributed by atoms with Crippen LogP contribution in [0.4, 0.5) is 0 Å². The number of amides is 1. The highest BCUT2D eigenvalue weighted by Gasteiger charge is 2.10. The Kier molecular flexibility index (Phi) is 5.00. The molecule has 2 nitrogen and oxygen atoms in total. The van der Waals surface area contributed by atoms with Gasteiger partial charge in [-0.1, -0.05) is 46.3 Å². The average molecular weight is 339 g/mol. The van der Waals surface area contributed by atoms with Crippen molar-refractivity contribution in [2.75, 3.05) is 6.54 Å². The summed E-state index contributed by atoms with van der Waals surface area (Å²) in [5.41, 5.74) is 1.63. The van der Waals surface area contributed by atoms with Crippen LogP contribution in [0.15, 0.2) is 59.1 Å². The van der Waals surface area contributed by atoms with Crippen molar-refractivity contribution in [3.63, 3.8) is 0 Å². The fraction of sp³-hybridized carbons (Fsp3) is 0.133. The molecule has 0 aliphatic carbocycles. The van der Waals surface area contributed by atoms with Crippen LogP contribution in [0.2, 0.25) is 0 Å². The molecule has 0 spiro atoms. The minimum absolute atomic E-state index is 0.117. The monoisotopic (exact) mass is 337 g/mol. The second kappa shape index (κ2) is 6.73. The molecule has 4 heteroatoms. The van der Waals surface area contributed by atoms with E-state index in [0.29, 0.717) is 12.1 Å². The molecule has 2 rings (SSSR count). The van der Waals surface area contributed by atoms with E-state index in [2.05, 4.69) is 21.2 Å². The summed E-state index contributed by atoms with van der Waals surface area (Å²) in [6, 6.07) is 16.9. The van der Waals surface area contributed by atoms with E-state index in [9.17, 15) is 4.79 Å². The summed E-state index contributed by atoms with van der Waals surface area (Å²) in [6.07, 6.45) is 0. The second-order valence-electron chi connectivity index (χ2n) is 4.10. The number of halogens is 2. The minimum Gasteiger partial charge on any atom is -0.350 e. The van der Waals surface area contributed by atoms with Crippen molar-refractivity contribution in [3.8, 4) is 0 Å². The summed E-state index contributed by atoms with van der Waals surface area (Å²) >= 11 is 9.58. The van der Waals surface area contributed by atoms with Crippen LogP contribution in [0.25, 0.3) is 0 Å². The van der Waals surface area contributed by atoms with Crippen molar-refractivity contribution in [1.29, 1.82) is 0 Å². The van der Waals surface area contributed by atoms with Gasteiger partial charge in [-0.15, -0.1) is 11.6 Å². The smallest absolute Gasteiger partial charge is 0.251 e.